The molecule has 0 aliphatic heterocycles. The van der Waals surface area contributed by atoms with Gasteiger partial charge in [-0.15, -0.1) is 0 Å². The highest BCUT2D eigenvalue weighted by Gasteiger charge is 2.09. The first kappa shape index (κ1) is 16.1. The maximum atomic E-state index is 11.0. The van der Waals surface area contributed by atoms with E-state index in [4.69, 9.17) is 14.6 Å². The highest BCUT2D eigenvalue weighted by Crippen LogP contribution is 2.29. The molecule has 2 N–H and O–H groups in total. The van der Waals surface area contributed by atoms with Crippen LogP contribution in [0.1, 0.15) is 15.9 Å². The Morgan fingerprint density at radius 1 is 1.17 bits per heavy atom. The Kier molecular flexibility index (Phi) is 4.52. The average molecular weight is 344 g/mol. The molecule has 3 rings (SSSR count). The van der Waals surface area contributed by atoms with Crippen molar-refractivity contribution in [1.82, 2.24) is 4.98 Å². The summed E-state index contributed by atoms with van der Waals surface area (Å²) >= 11 is 1.42. The Labute approximate surface area is 142 Å². The molecule has 0 atom stereocenters. The second-order valence-electron chi connectivity index (χ2n) is 5.05. The molecule has 1 heterocycles. The molecule has 0 saturated carbocycles. The Bertz CT molecular complexity index is 891. The zero-order valence-corrected chi connectivity index (χ0v) is 14.0. The van der Waals surface area contributed by atoms with E-state index in [-0.39, 0.29) is 5.56 Å². The summed E-state index contributed by atoms with van der Waals surface area (Å²) in [5.41, 5.74) is 2.07. The summed E-state index contributed by atoms with van der Waals surface area (Å²) < 4.78 is 11.3. The fourth-order valence-corrected chi connectivity index (χ4v) is 3.20. The van der Waals surface area contributed by atoms with Crippen molar-refractivity contribution in [3.8, 4) is 11.5 Å². The number of nitrogens with one attached hydrogen (secondary N) is 1. The van der Waals surface area contributed by atoms with Gasteiger partial charge in [0.2, 0.25) is 0 Å². The molecule has 0 amide bonds. The Morgan fingerprint density at radius 3 is 2.67 bits per heavy atom. The standard InChI is InChI=1S/C17H16N2O4S/c1-22-13-6-3-10(7-14(13)23-2)9-18-17-19-12-5-4-11(16(20)21)8-15(12)24-17/h3-8H,9H2,1-2H3,(H,18,19)(H,20,21). The molecule has 124 valence electrons. The van der Waals surface area contributed by atoms with E-state index in [1.807, 2.05) is 18.2 Å². The lowest BCUT2D eigenvalue weighted by atomic mass is 10.2. The molecule has 3 aromatic rings. The summed E-state index contributed by atoms with van der Waals surface area (Å²) in [7, 11) is 3.20. The highest BCUT2D eigenvalue weighted by molar-refractivity contribution is 7.22. The van der Waals surface area contributed by atoms with Gasteiger partial charge in [0.1, 0.15) is 0 Å². The van der Waals surface area contributed by atoms with Crippen LogP contribution in [-0.2, 0) is 6.54 Å². The molecule has 1 aromatic heterocycles. The number of anilines is 1. The monoisotopic (exact) mass is 344 g/mol. The lowest BCUT2D eigenvalue weighted by molar-refractivity contribution is 0.0697. The predicted molar refractivity (Wildman–Crippen MR) is 93.5 cm³/mol. The van der Waals surface area contributed by atoms with Gasteiger partial charge in [-0.25, -0.2) is 9.78 Å². The molecule has 0 saturated heterocycles. The van der Waals surface area contributed by atoms with Crippen LogP contribution < -0.4 is 14.8 Å². The molecular formula is C17H16N2O4S. The molecule has 0 aliphatic carbocycles. The number of aromatic nitrogens is 1. The van der Waals surface area contributed by atoms with E-state index >= 15 is 0 Å². The maximum Gasteiger partial charge on any atom is 0.335 e. The van der Waals surface area contributed by atoms with Crippen molar-refractivity contribution in [2.45, 2.75) is 6.54 Å². The number of methoxy groups -OCH3 is 2. The molecule has 0 bridgehead atoms. The van der Waals surface area contributed by atoms with Crippen molar-refractivity contribution in [2.24, 2.45) is 0 Å². The molecule has 0 aliphatic rings. The van der Waals surface area contributed by atoms with Crippen molar-refractivity contribution < 1.29 is 19.4 Å². The Morgan fingerprint density at radius 2 is 1.96 bits per heavy atom. The van der Waals surface area contributed by atoms with Crippen LogP contribution in [-0.4, -0.2) is 30.3 Å². The molecule has 7 heteroatoms. The minimum Gasteiger partial charge on any atom is -0.493 e. The quantitative estimate of drug-likeness (QED) is 0.711. The number of carboxylic acids is 1. The third-order valence-corrected chi connectivity index (χ3v) is 4.50. The van der Waals surface area contributed by atoms with Crippen LogP contribution in [0.15, 0.2) is 36.4 Å². The molecule has 24 heavy (non-hydrogen) atoms. The van der Waals surface area contributed by atoms with E-state index in [1.54, 1.807) is 32.4 Å². The fourth-order valence-electron chi connectivity index (χ4n) is 2.30. The summed E-state index contributed by atoms with van der Waals surface area (Å²) in [6.45, 7) is 0.575. The van der Waals surface area contributed by atoms with Gasteiger partial charge in [-0.1, -0.05) is 17.4 Å². The van der Waals surface area contributed by atoms with Crippen molar-refractivity contribution in [2.75, 3.05) is 19.5 Å². The number of hydrogen-bond acceptors (Lipinski definition) is 6. The largest absolute Gasteiger partial charge is 0.493 e. The van der Waals surface area contributed by atoms with Crippen LogP contribution in [0.5, 0.6) is 11.5 Å². The van der Waals surface area contributed by atoms with E-state index < -0.39 is 5.97 Å². The maximum absolute atomic E-state index is 11.0. The average Bonchev–Trinajstić information content (AvgIpc) is 3.01. The SMILES string of the molecule is COc1ccc(CNc2nc3ccc(C(=O)O)cc3s2)cc1OC. The zero-order chi connectivity index (χ0) is 17.1. The van der Waals surface area contributed by atoms with Gasteiger partial charge < -0.3 is 19.9 Å². The van der Waals surface area contributed by atoms with Crippen LogP contribution in [0, 0.1) is 0 Å². The summed E-state index contributed by atoms with van der Waals surface area (Å²) in [6, 6.07) is 10.6. The molecule has 0 spiro atoms. The van der Waals surface area contributed by atoms with Crippen LogP contribution >= 0.6 is 11.3 Å². The molecule has 0 radical (unpaired) electrons. The number of ether oxygens (including phenoxy) is 2. The lowest BCUT2D eigenvalue weighted by Crippen LogP contribution is -2.00. The molecule has 0 unspecified atom stereocenters. The fraction of sp³-hybridized carbons (Fsp3) is 0.176. The van der Waals surface area contributed by atoms with Gasteiger partial charge in [-0.3, -0.25) is 0 Å². The minimum atomic E-state index is -0.940. The van der Waals surface area contributed by atoms with Gasteiger partial charge in [0.15, 0.2) is 16.6 Å². The van der Waals surface area contributed by atoms with E-state index in [0.717, 1.165) is 20.9 Å². The summed E-state index contributed by atoms with van der Waals surface area (Å²) in [5.74, 6) is 0.416. The second kappa shape index (κ2) is 6.76. The summed E-state index contributed by atoms with van der Waals surface area (Å²) in [6.07, 6.45) is 0. The van der Waals surface area contributed by atoms with Crippen LogP contribution in [0.25, 0.3) is 10.2 Å². The second-order valence-corrected chi connectivity index (χ2v) is 6.08. The number of benzene rings is 2. The molecule has 2 aromatic carbocycles. The number of carbonyl (C=O) groups is 1. The van der Waals surface area contributed by atoms with Crippen LogP contribution in [0.3, 0.4) is 0 Å². The Hall–Kier alpha value is -2.80. The number of carboxylic acid groups (broad SMARTS) is 1. The smallest absolute Gasteiger partial charge is 0.335 e. The van der Waals surface area contributed by atoms with Crippen LogP contribution in [0.2, 0.25) is 0 Å². The number of aromatic carboxylic acids is 1. The number of fused-ring (bicyclic) bond motifs is 1. The van der Waals surface area contributed by atoms with Crippen molar-refractivity contribution in [3.63, 3.8) is 0 Å². The third kappa shape index (κ3) is 3.26. The molecule has 6 nitrogen and oxygen atoms in total. The van der Waals surface area contributed by atoms with Gasteiger partial charge in [-0.2, -0.15) is 0 Å². The van der Waals surface area contributed by atoms with E-state index in [1.165, 1.54) is 11.3 Å². The summed E-state index contributed by atoms with van der Waals surface area (Å²) in [5, 5.41) is 13.0. The Balaban J connectivity index is 1.77. The van der Waals surface area contributed by atoms with E-state index in [9.17, 15) is 4.79 Å². The first-order valence-corrected chi connectivity index (χ1v) is 8.01. The number of rotatable bonds is 6. The number of nitrogens with zero attached hydrogens (tertiary/aromatic N) is 1. The van der Waals surface area contributed by atoms with Crippen molar-refractivity contribution >= 4 is 32.7 Å². The third-order valence-electron chi connectivity index (χ3n) is 3.53. The predicted octanol–water partition coefficient (Wildman–Crippen LogP) is 3.62. The van der Waals surface area contributed by atoms with Crippen LogP contribution in [0.4, 0.5) is 5.13 Å². The van der Waals surface area contributed by atoms with E-state index in [0.29, 0.717) is 18.0 Å². The lowest BCUT2D eigenvalue weighted by Gasteiger charge is -2.09. The first-order valence-electron chi connectivity index (χ1n) is 7.19. The summed E-state index contributed by atoms with van der Waals surface area (Å²) in [4.78, 5) is 15.5. The highest BCUT2D eigenvalue weighted by atomic mass is 32.1. The van der Waals surface area contributed by atoms with E-state index in [2.05, 4.69) is 10.3 Å². The topological polar surface area (TPSA) is 80.7 Å². The van der Waals surface area contributed by atoms with Gasteiger partial charge in [0.05, 0.1) is 30.0 Å². The van der Waals surface area contributed by atoms with Crippen molar-refractivity contribution in [1.29, 1.82) is 0 Å². The zero-order valence-electron chi connectivity index (χ0n) is 13.2. The van der Waals surface area contributed by atoms with Gasteiger partial charge in [0.25, 0.3) is 0 Å². The van der Waals surface area contributed by atoms with Gasteiger partial charge in [-0.05, 0) is 35.9 Å². The molecular weight excluding hydrogens is 328 g/mol. The molecule has 0 fully saturated rings. The number of hydrogen-bond donors (Lipinski definition) is 2. The van der Waals surface area contributed by atoms with Crippen molar-refractivity contribution in [3.05, 3.63) is 47.5 Å². The normalized spacial score (nSPS) is 10.6. The van der Waals surface area contributed by atoms with Gasteiger partial charge in [0, 0.05) is 6.54 Å². The first-order chi connectivity index (χ1) is 11.6. The minimum absolute atomic E-state index is 0.262. The number of thiazole rings is 1. The van der Waals surface area contributed by atoms with Gasteiger partial charge >= 0.3 is 5.97 Å².